The molecule has 0 fully saturated rings. The van der Waals surface area contributed by atoms with Crippen molar-refractivity contribution in [2.45, 2.75) is 13.0 Å². The van der Waals surface area contributed by atoms with Crippen LogP contribution in [-0.2, 0) is 9.59 Å². The van der Waals surface area contributed by atoms with Crippen LogP contribution >= 0.6 is 0 Å². The third-order valence-electron chi connectivity index (χ3n) is 0.836. The molecule has 0 bridgehead atoms. The van der Waals surface area contributed by atoms with Crippen LogP contribution in [0.5, 0.6) is 0 Å². The van der Waals surface area contributed by atoms with E-state index in [1.807, 2.05) is 0 Å². The Kier molecular flexibility index (Phi) is 4.43. The van der Waals surface area contributed by atoms with Gasteiger partial charge in [-0.2, -0.15) is 0 Å². The van der Waals surface area contributed by atoms with Crippen LogP contribution in [0.3, 0.4) is 0 Å². The van der Waals surface area contributed by atoms with Crippen molar-refractivity contribution >= 4 is 12.3 Å². The number of nitrogens with one attached hydrogen (secondary N) is 2. The van der Waals surface area contributed by atoms with Gasteiger partial charge in [-0.05, 0) is 0 Å². The highest BCUT2D eigenvalue weighted by Crippen LogP contribution is 1.73. The highest BCUT2D eigenvalue weighted by atomic mass is 16.4. The zero-order chi connectivity index (χ0) is 7.98. The number of hydrogen-bond donors (Lipinski definition) is 3. The summed E-state index contributed by atoms with van der Waals surface area (Å²) in [4.78, 5) is 20.1. The Morgan fingerprint density at radius 1 is 1.80 bits per heavy atom. The lowest BCUT2D eigenvalue weighted by molar-refractivity contribution is -0.141. The minimum atomic E-state index is -1.18. The van der Waals surface area contributed by atoms with Gasteiger partial charge in [-0.25, -0.2) is 10.2 Å². The van der Waals surface area contributed by atoms with Gasteiger partial charge in [0.2, 0.25) is 0 Å². The lowest BCUT2D eigenvalue weighted by Crippen LogP contribution is -2.46. The van der Waals surface area contributed by atoms with Crippen LogP contribution in [0.4, 0.5) is 0 Å². The Bertz CT molecular complexity index is 126. The molecule has 0 spiro atoms. The molecule has 0 radical (unpaired) electrons. The first-order valence-electron chi connectivity index (χ1n) is 2.88. The molecule has 5 nitrogen and oxygen atoms in total. The molecule has 0 amide bonds. The fourth-order valence-electron chi connectivity index (χ4n) is 0.366. The third-order valence-corrected chi connectivity index (χ3v) is 0.836. The topological polar surface area (TPSA) is 78.4 Å². The van der Waals surface area contributed by atoms with Crippen molar-refractivity contribution in [1.82, 2.24) is 10.9 Å². The number of carbonyl (C=O) groups excluding carboxylic acids is 1. The summed E-state index contributed by atoms with van der Waals surface area (Å²) >= 11 is 0. The number of hydrogen-bond acceptors (Lipinski definition) is 4. The average molecular weight is 146 g/mol. The summed E-state index contributed by atoms with van der Waals surface area (Å²) in [7, 11) is 0. The van der Waals surface area contributed by atoms with Crippen molar-refractivity contribution in [3.63, 3.8) is 0 Å². The molecular weight excluding hydrogens is 136 g/mol. The molecule has 3 N–H and O–H groups in total. The first-order valence-corrected chi connectivity index (χ1v) is 2.88. The minimum absolute atomic E-state index is 0.324. The molecule has 0 saturated carbocycles. The summed E-state index contributed by atoms with van der Waals surface area (Å²) in [6.07, 6.45) is 0.324. The normalized spacial score (nSPS) is 12.5. The predicted octanol–water partition coefficient (Wildman–Crippen LogP) is -1.25. The van der Waals surface area contributed by atoms with Crippen molar-refractivity contribution in [2.75, 3.05) is 6.54 Å². The molecule has 0 rings (SSSR count). The summed E-state index contributed by atoms with van der Waals surface area (Å²) in [5, 5.41) is 8.27. The molecule has 58 valence electrons. The lowest BCUT2D eigenvalue weighted by atomic mass is 10.4. The van der Waals surface area contributed by atoms with Crippen LogP contribution in [0.15, 0.2) is 0 Å². The van der Waals surface area contributed by atoms with E-state index >= 15 is 0 Å². The molecule has 0 aliphatic rings. The van der Waals surface area contributed by atoms with E-state index in [2.05, 4.69) is 10.9 Å². The first kappa shape index (κ1) is 9.06. The molecular formula is C5H10N2O3. The zero-order valence-corrected chi connectivity index (χ0v) is 5.63. The predicted molar refractivity (Wildman–Crippen MR) is 34.3 cm³/mol. The summed E-state index contributed by atoms with van der Waals surface area (Å²) < 4.78 is 0. The standard InChI is InChI=1S/C5H10N2O3/c1-2-6-7-4(3-8)5(9)10/h3-4,6-7H,2H2,1H3,(H,9,10). The number of rotatable bonds is 5. The largest absolute Gasteiger partial charge is 0.480 e. The molecule has 0 saturated heterocycles. The van der Waals surface area contributed by atoms with E-state index in [0.29, 0.717) is 12.8 Å². The number of carbonyl (C=O) groups is 2. The maximum atomic E-state index is 10.1. The van der Waals surface area contributed by atoms with Crippen LogP contribution in [0, 0.1) is 0 Å². The molecule has 0 aromatic heterocycles. The minimum Gasteiger partial charge on any atom is -0.480 e. The van der Waals surface area contributed by atoms with E-state index in [9.17, 15) is 9.59 Å². The Hall–Kier alpha value is -0.940. The summed E-state index contributed by atoms with van der Waals surface area (Å²) in [6, 6.07) is -1.15. The van der Waals surface area contributed by atoms with Crippen LogP contribution in [0.1, 0.15) is 6.92 Å². The third kappa shape index (κ3) is 3.16. The van der Waals surface area contributed by atoms with Gasteiger partial charge < -0.3 is 9.90 Å². The van der Waals surface area contributed by atoms with Gasteiger partial charge in [0.1, 0.15) is 6.29 Å². The van der Waals surface area contributed by atoms with Gasteiger partial charge in [-0.15, -0.1) is 0 Å². The summed E-state index contributed by atoms with van der Waals surface area (Å²) in [5.74, 6) is -1.18. The maximum absolute atomic E-state index is 10.1. The molecule has 0 aliphatic carbocycles. The van der Waals surface area contributed by atoms with Crippen LogP contribution in [-0.4, -0.2) is 29.9 Å². The molecule has 1 atom stereocenters. The van der Waals surface area contributed by atoms with E-state index < -0.39 is 12.0 Å². The smallest absolute Gasteiger partial charge is 0.329 e. The van der Waals surface area contributed by atoms with Gasteiger partial charge in [0.25, 0.3) is 0 Å². The summed E-state index contributed by atoms with van der Waals surface area (Å²) in [5.41, 5.74) is 4.82. The zero-order valence-electron chi connectivity index (χ0n) is 5.63. The van der Waals surface area contributed by atoms with E-state index in [0.717, 1.165) is 0 Å². The molecule has 0 heterocycles. The molecule has 0 aromatic carbocycles. The van der Waals surface area contributed by atoms with Crippen molar-refractivity contribution in [2.24, 2.45) is 0 Å². The Morgan fingerprint density at radius 2 is 2.40 bits per heavy atom. The maximum Gasteiger partial charge on any atom is 0.329 e. The van der Waals surface area contributed by atoms with Gasteiger partial charge >= 0.3 is 5.97 Å². The quantitative estimate of drug-likeness (QED) is 0.257. The van der Waals surface area contributed by atoms with Crippen LogP contribution in [0.2, 0.25) is 0 Å². The Morgan fingerprint density at radius 3 is 2.70 bits per heavy atom. The average Bonchev–Trinajstić information content (AvgIpc) is 1.89. The molecule has 0 aromatic rings. The highest BCUT2D eigenvalue weighted by molar-refractivity contribution is 5.90. The van der Waals surface area contributed by atoms with Crippen molar-refractivity contribution in [3.8, 4) is 0 Å². The lowest BCUT2D eigenvalue weighted by Gasteiger charge is -2.06. The highest BCUT2D eigenvalue weighted by Gasteiger charge is 2.13. The molecule has 1 unspecified atom stereocenters. The monoisotopic (exact) mass is 146 g/mol. The van der Waals surface area contributed by atoms with Gasteiger partial charge in [0, 0.05) is 6.54 Å². The van der Waals surface area contributed by atoms with Crippen molar-refractivity contribution < 1.29 is 14.7 Å². The van der Waals surface area contributed by atoms with Crippen LogP contribution < -0.4 is 10.9 Å². The fraction of sp³-hybridized carbons (Fsp3) is 0.600. The van der Waals surface area contributed by atoms with Crippen molar-refractivity contribution in [3.05, 3.63) is 0 Å². The second-order valence-corrected chi connectivity index (χ2v) is 1.63. The van der Waals surface area contributed by atoms with E-state index in [-0.39, 0.29) is 0 Å². The molecule has 5 heteroatoms. The Labute approximate surface area is 58.4 Å². The number of aldehydes is 1. The number of hydrazine groups is 1. The SMILES string of the molecule is CCNNC(C=O)C(=O)O. The second-order valence-electron chi connectivity index (χ2n) is 1.63. The van der Waals surface area contributed by atoms with Crippen molar-refractivity contribution in [1.29, 1.82) is 0 Å². The number of carboxylic acids is 1. The summed E-state index contributed by atoms with van der Waals surface area (Å²) in [6.45, 7) is 2.36. The second kappa shape index (κ2) is 4.89. The van der Waals surface area contributed by atoms with Gasteiger partial charge in [0.05, 0.1) is 0 Å². The number of aliphatic carboxylic acids is 1. The Balaban J connectivity index is 3.60. The van der Waals surface area contributed by atoms with Gasteiger partial charge in [-0.3, -0.25) is 5.43 Å². The van der Waals surface area contributed by atoms with E-state index in [1.165, 1.54) is 0 Å². The molecule has 0 aliphatic heterocycles. The van der Waals surface area contributed by atoms with Gasteiger partial charge in [-0.1, -0.05) is 6.92 Å². The van der Waals surface area contributed by atoms with E-state index in [1.54, 1.807) is 6.92 Å². The fourth-order valence-corrected chi connectivity index (χ4v) is 0.366. The van der Waals surface area contributed by atoms with E-state index in [4.69, 9.17) is 5.11 Å². The number of carboxylic acid groups (broad SMARTS) is 1. The molecule has 10 heavy (non-hydrogen) atoms. The van der Waals surface area contributed by atoms with Crippen LogP contribution in [0.25, 0.3) is 0 Å². The van der Waals surface area contributed by atoms with Gasteiger partial charge in [0.15, 0.2) is 6.04 Å². The first-order chi connectivity index (χ1) is 4.72.